The van der Waals surface area contributed by atoms with Crippen LogP contribution in [-0.4, -0.2) is 138 Å². The number of rotatable bonds is 27. The van der Waals surface area contributed by atoms with Crippen molar-refractivity contribution in [1.82, 2.24) is 10.6 Å². The zero-order chi connectivity index (χ0) is 43.6. The number of nitrogens with one attached hydrogen (secondary N) is 2. The second-order valence-corrected chi connectivity index (χ2v) is 13.1. The molecular weight excluding hydrogens is 774 g/mol. The van der Waals surface area contributed by atoms with Gasteiger partial charge in [0.2, 0.25) is 18.1 Å². The van der Waals surface area contributed by atoms with E-state index >= 15 is 0 Å². The zero-order valence-corrected chi connectivity index (χ0v) is 32.8. The largest absolute Gasteiger partial charge is 0.479 e. The number of hydrogen-bond donors (Lipinski definition) is 7. The Hall–Kier alpha value is -4.70. The summed E-state index contributed by atoms with van der Waals surface area (Å²) >= 11 is 0. The summed E-state index contributed by atoms with van der Waals surface area (Å²) in [6.07, 6.45) is -7.07. The lowest BCUT2D eigenvalue weighted by Crippen LogP contribution is -2.61. The van der Waals surface area contributed by atoms with Gasteiger partial charge in [0.25, 0.3) is 0 Å². The third-order valence-corrected chi connectivity index (χ3v) is 8.36. The van der Waals surface area contributed by atoms with E-state index in [1.807, 2.05) is 6.92 Å². The molecule has 7 atom stereocenters. The van der Waals surface area contributed by atoms with E-state index in [2.05, 4.69) is 15.5 Å². The van der Waals surface area contributed by atoms with E-state index in [0.717, 1.165) is 6.42 Å². The number of esters is 1. The lowest BCUT2D eigenvalue weighted by molar-refractivity contribution is -0.271. The standard InChI is InChI=1S/C36H55N3O16.CO2/c1-4-13-50-15-16-51-20-29(43)39-25(26(41)9-7-14-53-37)8-5-6-12-38-34(47)21(2)17-27(42)24-18-23(19-52-22(3)40)10-11-28(24)54-36-32(46)30(44)31(45)33(55-36)35(48)49;2-1-3/h10-11,18,21,25,30-33,36,44-46H,4-9,12-17,19-20,37H2,1-3H3,(H,38,47)(H,39,43)(H,48,49);/t21-,25+,30+,31+,32-,33+,36-;/m1./s1. The highest BCUT2D eigenvalue weighted by Gasteiger charge is 2.48. The number of aliphatic hydroxyl groups excluding tert-OH is 3. The van der Waals surface area contributed by atoms with Crippen molar-refractivity contribution in [3.63, 3.8) is 0 Å². The normalized spacial score (nSPS) is 19.6. The van der Waals surface area contributed by atoms with Gasteiger partial charge in [-0.05, 0) is 49.8 Å². The average molecular weight is 830 g/mol. The number of ether oxygens (including phenoxy) is 5. The smallest absolute Gasteiger partial charge is 0.373 e. The molecule has 0 saturated carbocycles. The van der Waals surface area contributed by atoms with Gasteiger partial charge in [-0.15, -0.1) is 0 Å². The molecule has 1 aliphatic heterocycles. The van der Waals surface area contributed by atoms with Crippen molar-refractivity contribution in [2.24, 2.45) is 11.8 Å². The molecule has 8 N–H and O–H groups in total. The van der Waals surface area contributed by atoms with Gasteiger partial charge in [-0.1, -0.05) is 19.9 Å². The van der Waals surface area contributed by atoms with Gasteiger partial charge in [0, 0.05) is 38.8 Å². The number of hydrogen-bond acceptors (Lipinski definition) is 18. The van der Waals surface area contributed by atoms with Gasteiger partial charge in [-0.25, -0.2) is 10.7 Å². The number of nitrogens with two attached hydrogens (primary N) is 1. The predicted octanol–water partition coefficient (Wildman–Crippen LogP) is -0.900. The molecule has 21 nitrogen and oxygen atoms in total. The highest BCUT2D eigenvalue weighted by molar-refractivity contribution is 6.01. The van der Waals surface area contributed by atoms with Gasteiger partial charge in [0.15, 0.2) is 17.7 Å². The summed E-state index contributed by atoms with van der Waals surface area (Å²) in [5.74, 6) is 0.0871. The summed E-state index contributed by atoms with van der Waals surface area (Å²) in [7, 11) is 0. The SMILES string of the molecule is CCCOCCOCC(=O)N[C@@H](CCCCNC(=O)[C@H](C)CC(=O)c1cc(COC(C)=O)ccc1O[C@@H]1O[C@H](C(=O)O)[C@@H](O)[C@H](O)[C@H]1O)C(=O)CCCON.O=C=O. The molecule has 2 amide bonds. The van der Waals surface area contributed by atoms with Gasteiger partial charge in [0.05, 0.1) is 31.4 Å². The maximum atomic E-state index is 13.6. The van der Waals surface area contributed by atoms with E-state index in [-0.39, 0.29) is 69.1 Å². The summed E-state index contributed by atoms with van der Waals surface area (Å²) in [5.41, 5.74) is 0.260. The van der Waals surface area contributed by atoms with E-state index in [1.54, 1.807) is 0 Å². The minimum Gasteiger partial charge on any atom is -0.479 e. The third-order valence-electron chi connectivity index (χ3n) is 8.36. The third kappa shape index (κ3) is 19.2. The molecule has 0 unspecified atom stereocenters. The topological polar surface area (TPSA) is 323 Å². The molecule has 1 fully saturated rings. The Morgan fingerprint density at radius 3 is 2.28 bits per heavy atom. The molecule has 1 aliphatic rings. The first-order chi connectivity index (χ1) is 27.6. The number of unbranched alkanes of at least 4 members (excludes halogenated alkanes) is 1. The number of benzene rings is 1. The number of aliphatic hydroxyl groups is 3. The van der Waals surface area contributed by atoms with Gasteiger partial charge < -0.3 is 59.6 Å². The Morgan fingerprint density at radius 1 is 0.948 bits per heavy atom. The number of amides is 2. The number of carbonyl (C=O) groups is 6. The first-order valence-electron chi connectivity index (χ1n) is 18.6. The van der Waals surface area contributed by atoms with E-state index < -0.39 is 72.2 Å². The number of ketones is 2. The second kappa shape index (κ2) is 28.7. The second-order valence-electron chi connectivity index (χ2n) is 13.1. The Kier molecular flexibility index (Phi) is 25.4. The van der Waals surface area contributed by atoms with Crippen molar-refractivity contribution in [2.75, 3.05) is 39.6 Å². The molecular formula is C37H55N3O18. The lowest BCUT2D eigenvalue weighted by atomic mass is 9.96. The number of Topliss-reactive ketones (excluding diaryl/α,β-unsaturated/α-hetero) is 2. The molecule has 326 valence electrons. The van der Waals surface area contributed by atoms with Gasteiger partial charge >= 0.3 is 18.1 Å². The summed E-state index contributed by atoms with van der Waals surface area (Å²) < 4.78 is 26.5. The molecule has 0 aromatic heterocycles. The van der Waals surface area contributed by atoms with Gasteiger partial charge in [-0.3, -0.25) is 24.0 Å². The monoisotopic (exact) mass is 829 g/mol. The highest BCUT2D eigenvalue weighted by atomic mass is 16.7. The molecule has 1 saturated heterocycles. The van der Waals surface area contributed by atoms with E-state index in [0.29, 0.717) is 44.5 Å². The summed E-state index contributed by atoms with van der Waals surface area (Å²) in [5, 5.41) is 45.5. The van der Waals surface area contributed by atoms with Crippen LogP contribution in [0.5, 0.6) is 5.75 Å². The van der Waals surface area contributed by atoms with Crippen LogP contribution >= 0.6 is 0 Å². The maximum absolute atomic E-state index is 13.6. The molecule has 0 radical (unpaired) electrons. The van der Waals surface area contributed by atoms with Crippen molar-refractivity contribution in [3.05, 3.63) is 29.3 Å². The molecule has 0 aliphatic carbocycles. The molecule has 2 rings (SSSR count). The van der Waals surface area contributed by atoms with E-state index in [9.17, 15) is 49.2 Å². The zero-order valence-electron chi connectivity index (χ0n) is 32.8. The molecule has 58 heavy (non-hydrogen) atoms. The Labute approximate surface area is 334 Å². The molecule has 1 aromatic rings. The van der Waals surface area contributed by atoms with E-state index in [1.165, 1.54) is 32.0 Å². The van der Waals surface area contributed by atoms with E-state index in [4.69, 9.17) is 39.2 Å². The van der Waals surface area contributed by atoms with Crippen molar-refractivity contribution < 1.29 is 87.3 Å². The van der Waals surface area contributed by atoms with Crippen LogP contribution in [0.2, 0.25) is 0 Å². The molecule has 21 heteroatoms. The first-order valence-corrected chi connectivity index (χ1v) is 18.6. The van der Waals surface area contributed by atoms with Crippen LogP contribution in [0.3, 0.4) is 0 Å². The Balaban J connectivity index is 0.00000542. The fourth-order valence-corrected chi connectivity index (χ4v) is 5.37. The highest BCUT2D eigenvalue weighted by Crippen LogP contribution is 2.29. The van der Waals surface area contributed by atoms with Crippen LogP contribution in [0.15, 0.2) is 18.2 Å². The van der Waals surface area contributed by atoms with Crippen LogP contribution < -0.4 is 21.3 Å². The van der Waals surface area contributed by atoms with Crippen molar-refractivity contribution in [3.8, 4) is 5.75 Å². The molecule has 0 spiro atoms. The summed E-state index contributed by atoms with van der Waals surface area (Å²) in [4.78, 5) is 95.5. The minimum absolute atomic E-state index is 0.112. The maximum Gasteiger partial charge on any atom is 0.373 e. The lowest BCUT2D eigenvalue weighted by Gasteiger charge is -2.38. The number of carbonyl (C=O) groups excluding carboxylic acids is 7. The van der Waals surface area contributed by atoms with Crippen molar-refractivity contribution in [2.45, 2.75) is 109 Å². The molecule has 1 heterocycles. The van der Waals surface area contributed by atoms with Crippen LogP contribution in [0.25, 0.3) is 0 Å². The van der Waals surface area contributed by atoms with Crippen molar-refractivity contribution in [1.29, 1.82) is 0 Å². The van der Waals surface area contributed by atoms with Gasteiger partial charge in [0.1, 0.15) is 37.3 Å². The minimum atomic E-state index is -1.96. The Morgan fingerprint density at radius 2 is 1.64 bits per heavy atom. The fraction of sp³-hybridized carbons (Fsp3) is 0.649. The molecule has 1 aromatic carbocycles. The average Bonchev–Trinajstić information content (AvgIpc) is 3.18. The van der Waals surface area contributed by atoms with Crippen LogP contribution in [0.4, 0.5) is 0 Å². The Bertz CT molecular complexity index is 1500. The van der Waals surface area contributed by atoms with Crippen molar-refractivity contribution >= 4 is 41.5 Å². The summed E-state index contributed by atoms with van der Waals surface area (Å²) in [6, 6.07) is 3.29. The first kappa shape index (κ1) is 51.3. The van der Waals surface area contributed by atoms with Crippen LogP contribution in [0.1, 0.15) is 81.6 Å². The summed E-state index contributed by atoms with van der Waals surface area (Å²) in [6.45, 7) is 5.79. The fourth-order valence-electron chi connectivity index (χ4n) is 5.37. The predicted molar refractivity (Wildman–Crippen MR) is 195 cm³/mol. The number of carboxylic acids is 1. The number of aliphatic carboxylic acids is 1. The number of carboxylic acid groups (broad SMARTS) is 1. The van der Waals surface area contributed by atoms with Crippen LogP contribution in [-0.2, 0) is 64.0 Å². The van der Waals surface area contributed by atoms with Crippen LogP contribution in [0, 0.1) is 5.92 Å². The molecule has 0 bridgehead atoms. The quantitative estimate of drug-likeness (QED) is 0.0244. The van der Waals surface area contributed by atoms with Gasteiger partial charge in [-0.2, -0.15) is 9.59 Å².